The third kappa shape index (κ3) is 3.43. The van der Waals surface area contributed by atoms with E-state index in [1.54, 1.807) is 26.5 Å². The first-order valence-corrected chi connectivity index (χ1v) is 9.24. The van der Waals surface area contributed by atoms with Crippen molar-refractivity contribution in [2.45, 2.75) is 13.0 Å². The van der Waals surface area contributed by atoms with Gasteiger partial charge in [-0.2, -0.15) is 0 Å². The molecule has 28 heavy (non-hydrogen) atoms. The Kier molecular flexibility index (Phi) is 4.98. The first kappa shape index (κ1) is 18.0. The maximum Gasteiger partial charge on any atom is 0.246 e. The van der Waals surface area contributed by atoms with Crippen LogP contribution in [0.2, 0.25) is 0 Å². The summed E-state index contributed by atoms with van der Waals surface area (Å²) in [7, 11) is 3.26. The summed E-state index contributed by atoms with van der Waals surface area (Å²) >= 11 is 0. The van der Waals surface area contributed by atoms with Gasteiger partial charge in [0.05, 0.1) is 19.7 Å². The average Bonchev–Trinajstić information content (AvgIpc) is 2.75. The van der Waals surface area contributed by atoms with Gasteiger partial charge in [0, 0.05) is 36.3 Å². The maximum absolute atomic E-state index is 12.8. The Labute approximate surface area is 164 Å². The molecule has 0 unspecified atom stereocenters. The summed E-state index contributed by atoms with van der Waals surface area (Å²) in [5.74, 6) is 1.41. The van der Waals surface area contributed by atoms with E-state index in [4.69, 9.17) is 9.47 Å². The highest BCUT2D eigenvalue weighted by atomic mass is 16.5. The summed E-state index contributed by atoms with van der Waals surface area (Å²) in [6.07, 6.45) is 6.05. The number of carbonyl (C=O) groups is 1. The van der Waals surface area contributed by atoms with Crippen LogP contribution in [0.4, 0.5) is 0 Å². The number of pyridine rings is 1. The number of fused-ring (bicyclic) bond motifs is 2. The normalized spacial score (nSPS) is 13.6. The van der Waals surface area contributed by atoms with Gasteiger partial charge in [0.2, 0.25) is 5.91 Å². The van der Waals surface area contributed by atoms with E-state index in [9.17, 15) is 4.79 Å². The van der Waals surface area contributed by atoms with Gasteiger partial charge in [0.1, 0.15) is 0 Å². The Morgan fingerprint density at radius 2 is 1.82 bits per heavy atom. The van der Waals surface area contributed by atoms with E-state index >= 15 is 0 Å². The molecule has 5 nitrogen and oxygen atoms in total. The van der Waals surface area contributed by atoms with Crippen LogP contribution in [-0.4, -0.2) is 36.6 Å². The van der Waals surface area contributed by atoms with Gasteiger partial charge in [0.25, 0.3) is 0 Å². The zero-order valence-corrected chi connectivity index (χ0v) is 16.0. The molecule has 0 aliphatic carbocycles. The number of ether oxygens (including phenoxy) is 2. The molecule has 2 heterocycles. The Hall–Kier alpha value is -3.34. The second-order valence-electron chi connectivity index (χ2n) is 6.74. The molecule has 3 aromatic rings. The lowest BCUT2D eigenvalue weighted by Crippen LogP contribution is -2.34. The SMILES string of the molecule is COc1cc2c(cc1OC)CN(C(=O)/C=C/c1cccc3cccnc13)CC2. The minimum atomic E-state index is -0.00614. The second kappa shape index (κ2) is 7.72. The molecule has 0 N–H and O–H groups in total. The van der Waals surface area contributed by atoms with Gasteiger partial charge in [-0.25, -0.2) is 0 Å². The first-order chi connectivity index (χ1) is 13.7. The molecule has 2 aromatic carbocycles. The maximum atomic E-state index is 12.8. The lowest BCUT2D eigenvalue weighted by atomic mass is 9.98. The Morgan fingerprint density at radius 1 is 1.07 bits per heavy atom. The van der Waals surface area contributed by atoms with Crippen molar-refractivity contribution in [1.29, 1.82) is 0 Å². The summed E-state index contributed by atoms with van der Waals surface area (Å²) in [5.41, 5.74) is 4.13. The van der Waals surface area contributed by atoms with Crippen LogP contribution in [0.15, 0.2) is 54.7 Å². The minimum Gasteiger partial charge on any atom is -0.493 e. The van der Waals surface area contributed by atoms with E-state index in [2.05, 4.69) is 4.98 Å². The van der Waals surface area contributed by atoms with Crippen LogP contribution in [0, 0.1) is 0 Å². The molecule has 0 fully saturated rings. The van der Waals surface area contributed by atoms with Crippen LogP contribution in [0.5, 0.6) is 11.5 Å². The van der Waals surface area contributed by atoms with E-state index in [1.165, 1.54) is 5.56 Å². The van der Waals surface area contributed by atoms with Gasteiger partial charge < -0.3 is 14.4 Å². The molecule has 1 aliphatic heterocycles. The van der Waals surface area contributed by atoms with Gasteiger partial charge in [-0.15, -0.1) is 0 Å². The predicted octanol–water partition coefficient (Wildman–Crippen LogP) is 3.85. The summed E-state index contributed by atoms with van der Waals surface area (Å²) < 4.78 is 10.8. The lowest BCUT2D eigenvalue weighted by Gasteiger charge is -2.28. The first-order valence-electron chi connectivity index (χ1n) is 9.24. The molecule has 142 valence electrons. The molecule has 0 bridgehead atoms. The summed E-state index contributed by atoms with van der Waals surface area (Å²) in [4.78, 5) is 19.0. The quantitative estimate of drug-likeness (QED) is 0.651. The summed E-state index contributed by atoms with van der Waals surface area (Å²) in [6, 6.07) is 13.9. The van der Waals surface area contributed by atoms with Gasteiger partial charge in [0.15, 0.2) is 11.5 Å². The third-order valence-electron chi connectivity index (χ3n) is 5.10. The van der Waals surface area contributed by atoms with Crippen molar-refractivity contribution in [3.63, 3.8) is 0 Å². The van der Waals surface area contributed by atoms with Crippen molar-refractivity contribution in [3.05, 3.63) is 71.4 Å². The highest BCUT2D eigenvalue weighted by Crippen LogP contribution is 2.33. The van der Waals surface area contributed by atoms with Gasteiger partial charge >= 0.3 is 0 Å². The summed E-state index contributed by atoms with van der Waals surface area (Å²) in [6.45, 7) is 1.24. The highest BCUT2D eigenvalue weighted by Gasteiger charge is 2.21. The largest absolute Gasteiger partial charge is 0.493 e. The molecule has 0 saturated carbocycles. The Balaban J connectivity index is 1.54. The van der Waals surface area contributed by atoms with Gasteiger partial charge in [-0.3, -0.25) is 9.78 Å². The number of carbonyl (C=O) groups excluding carboxylic acids is 1. The van der Waals surface area contributed by atoms with E-state index in [0.29, 0.717) is 18.8 Å². The Morgan fingerprint density at radius 3 is 2.61 bits per heavy atom. The highest BCUT2D eigenvalue weighted by molar-refractivity contribution is 5.95. The molecule has 0 spiro atoms. The average molecular weight is 374 g/mol. The van der Waals surface area contributed by atoms with Crippen molar-refractivity contribution in [3.8, 4) is 11.5 Å². The van der Waals surface area contributed by atoms with Crippen molar-refractivity contribution in [1.82, 2.24) is 9.88 Å². The summed E-state index contributed by atoms with van der Waals surface area (Å²) in [5, 5.41) is 1.06. The van der Waals surface area contributed by atoms with Crippen LogP contribution < -0.4 is 9.47 Å². The van der Waals surface area contributed by atoms with E-state index < -0.39 is 0 Å². The van der Waals surface area contributed by atoms with Crippen molar-refractivity contribution < 1.29 is 14.3 Å². The zero-order chi connectivity index (χ0) is 19.5. The number of amides is 1. The second-order valence-corrected chi connectivity index (χ2v) is 6.74. The van der Waals surface area contributed by atoms with Crippen molar-refractivity contribution >= 4 is 22.9 Å². The van der Waals surface area contributed by atoms with Gasteiger partial charge in [-0.05, 0) is 41.8 Å². The number of hydrogen-bond acceptors (Lipinski definition) is 4. The van der Waals surface area contributed by atoms with Gasteiger partial charge in [-0.1, -0.05) is 24.3 Å². The number of methoxy groups -OCH3 is 2. The Bertz CT molecular complexity index is 1050. The van der Waals surface area contributed by atoms with Crippen LogP contribution in [-0.2, 0) is 17.8 Å². The number of benzene rings is 2. The fourth-order valence-corrected chi connectivity index (χ4v) is 3.60. The van der Waals surface area contributed by atoms with Crippen molar-refractivity contribution in [2.24, 2.45) is 0 Å². The van der Waals surface area contributed by atoms with Crippen LogP contribution in [0.25, 0.3) is 17.0 Å². The molecule has 1 aromatic heterocycles. The molecular formula is C23H22N2O3. The number of nitrogens with zero attached hydrogens (tertiary/aromatic N) is 2. The van der Waals surface area contributed by atoms with E-state index in [0.717, 1.165) is 34.2 Å². The molecule has 0 saturated heterocycles. The van der Waals surface area contributed by atoms with Crippen molar-refractivity contribution in [2.75, 3.05) is 20.8 Å². The topological polar surface area (TPSA) is 51.7 Å². The predicted molar refractivity (Wildman–Crippen MR) is 109 cm³/mol. The molecular weight excluding hydrogens is 352 g/mol. The van der Waals surface area contributed by atoms with E-state index in [1.807, 2.05) is 53.4 Å². The molecule has 0 atom stereocenters. The lowest BCUT2D eigenvalue weighted by molar-refractivity contribution is -0.126. The number of rotatable bonds is 4. The van der Waals surface area contributed by atoms with Crippen LogP contribution >= 0.6 is 0 Å². The number of hydrogen-bond donors (Lipinski definition) is 0. The molecule has 4 rings (SSSR count). The van der Waals surface area contributed by atoms with E-state index in [-0.39, 0.29) is 5.91 Å². The van der Waals surface area contributed by atoms with Crippen LogP contribution in [0.1, 0.15) is 16.7 Å². The molecule has 1 aliphatic rings. The molecule has 0 radical (unpaired) electrons. The third-order valence-corrected chi connectivity index (χ3v) is 5.10. The standard InChI is InChI=1S/C23H22N2O3/c1-27-20-13-18-10-12-25(15-19(18)14-21(20)28-2)22(26)9-8-17-6-3-5-16-7-4-11-24-23(16)17/h3-9,11,13-14H,10,12,15H2,1-2H3/b9-8+. The minimum absolute atomic E-state index is 0.00614. The fourth-order valence-electron chi connectivity index (χ4n) is 3.60. The monoisotopic (exact) mass is 374 g/mol. The molecule has 1 amide bonds. The molecule has 5 heteroatoms. The smallest absolute Gasteiger partial charge is 0.246 e. The van der Waals surface area contributed by atoms with Crippen LogP contribution in [0.3, 0.4) is 0 Å². The number of para-hydroxylation sites is 1. The zero-order valence-electron chi connectivity index (χ0n) is 16.0. The fraction of sp³-hybridized carbons (Fsp3) is 0.217. The number of aromatic nitrogens is 1.